The van der Waals surface area contributed by atoms with Crippen molar-refractivity contribution in [2.75, 3.05) is 23.7 Å². The van der Waals surface area contributed by atoms with Gasteiger partial charge in [-0.2, -0.15) is 5.26 Å². The van der Waals surface area contributed by atoms with Crippen LogP contribution >= 0.6 is 0 Å². The molecule has 0 spiro atoms. The first kappa shape index (κ1) is 16.4. The van der Waals surface area contributed by atoms with Gasteiger partial charge in [-0.25, -0.2) is 0 Å². The van der Waals surface area contributed by atoms with E-state index in [1.165, 1.54) is 12.1 Å². The average Bonchev–Trinajstić information content (AvgIpc) is 2.55. The first-order chi connectivity index (χ1) is 10.5. The summed E-state index contributed by atoms with van der Waals surface area (Å²) in [5.74, 6) is 0.559. The zero-order valence-electron chi connectivity index (χ0n) is 12.7. The largest absolute Gasteiger partial charge is 0.368 e. The molecule has 0 radical (unpaired) electrons. The second kappa shape index (κ2) is 6.44. The highest BCUT2D eigenvalue weighted by atomic mass is 32.2. The number of nitro benzene ring substituents is 1. The second-order valence-electron chi connectivity index (χ2n) is 5.43. The van der Waals surface area contributed by atoms with E-state index in [0.29, 0.717) is 30.1 Å². The maximum atomic E-state index is 12.4. The number of non-ortho nitro benzene ring substituents is 1. The molecule has 0 saturated carbocycles. The summed E-state index contributed by atoms with van der Waals surface area (Å²) in [5.41, 5.74) is 0.900. The van der Waals surface area contributed by atoms with E-state index >= 15 is 0 Å². The van der Waals surface area contributed by atoms with Gasteiger partial charge in [0.15, 0.2) is 0 Å². The third-order valence-corrected chi connectivity index (χ3v) is 6.68. The van der Waals surface area contributed by atoms with Crippen LogP contribution in [0.1, 0.15) is 32.3 Å². The van der Waals surface area contributed by atoms with Crippen molar-refractivity contribution in [2.45, 2.75) is 31.4 Å². The summed E-state index contributed by atoms with van der Waals surface area (Å²) in [4.78, 5) is 12.4. The molecule has 1 fully saturated rings. The van der Waals surface area contributed by atoms with Crippen molar-refractivity contribution in [3.63, 3.8) is 0 Å². The summed E-state index contributed by atoms with van der Waals surface area (Å²) in [6.45, 7) is 5.28. The third kappa shape index (κ3) is 2.83. The van der Waals surface area contributed by atoms with Gasteiger partial charge in [0, 0.05) is 41.8 Å². The summed E-state index contributed by atoms with van der Waals surface area (Å²) < 4.78 is 12.1. The molecule has 1 unspecified atom stereocenters. The van der Waals surface area contributed by atoms with E-state index in [9.17, 15) is 19.6 Å². The summed E-state index contributed by atoms with van der Waals surface area (Å²) in [6.07, 6.45) is 1.61. The Balaban J connectivity index is 2.38. The van der Waals surface area contributed by atoms with Crippen LogP contribution in [0.2, 0.25) is 0 Å². The topological polar surface area (TPSA) is 87.2 Å². The molecule has 0 N–H and O–H groups in total. The van der Waals surface area contributed by atoms with Gasteiger partial charge in [-0.15, -0.1) is 0 Å². The van der Waals surface area contributed by atoms with Crippen LogP contribution in [-0.4, -0.2) is 32.7 Å². The number of hydrogen-bond acceptors (Lipinski definition) is 5. The number of nitriles is 1. The molecule has 1 atom stereocenters. The van der Waals surface area contributed by atoms with Crippen LogP contribution in [0.4, 0.5) is 11.4 Å². The van der Waals surface area contributed by atoms with Gasteiger partial charge in [0.1, 0.15) is 6.07 Å². The van der Waals surface area contributed by atoms with Gasteiger partial charge in [0.25, 0.3) is 5.69 Å². The second-order valence-corrected chi connectivity index (χ2v) is 7.40. The maximum Gasteiger partial charge on any atom is 0.270 e. The molecule has 0 aliphatic carbocycles. The standard InChI is InChI=1S/C15H19N3O3S/c1-3-15(4-2)11-17(7-8-22(15)21)14-6-5-13(18(19)20)9-12(14)10-16/h5-6,9H,3-4,7-8,11H2,1-2H3. The molecule has 7 heteroatoms. The smallest absolute Gasteiger partial charge is 0.270 e. The van der Waals surface area contributed by atoms with E-state index in [0.717, 1.165) is 12.8 Å². The summed E-state index contributed by atoms with van der Waals surface area (Å²) in [5, 5.41) is 20.1. The van der Waals surface area contributed by atoms with Gasteiger partial charge < -0.3 is 4.90 Å². The van der Waals surface area contributed by atoms with Crippen LogP contribution in [0.5, 0.6) is 0 Å². The van der Waals surface area contributed by atoms with Crippen LogP contribution < -0.4 is 4.90 Å². The van der Waals surface area contributed by atoms with Crippen LogP contribution in [0, 0.1) is 21.4 Å². The predicted octanol–water partition coefficient (Wildman–Crippen LogP) is 2.59. The molecule has 0 aromatic heterocycles. The fraction of sp³-hybridized carbons (Fsp3) is 0.533. The Labute approximate surface area is 132 Å². The van der Waals surface area contributed by atoms with Crippen molar-refractivity contribution in [1.82, 2.24) is 0 Å². The monoisotopic (exact) mass is 321 g/mol. The Morgan fingerprint density at radius 1 is 1.45 bits per heavy atom. The van der Waals surface area contributed by atoms with E-state index in [-0.39, 0.29) is 10.4 Å². The van der Waals surface area contributed by atoms with Gasteiger partial charge in [0.2, 0.25) is 0 Å². The Hall–Kier alpha value is -1.94. The van der Waals surface area contributed by atoms with Gasteiger partial charge in [-0.1, -0.05) is 13.8 Å². The maximum absolute atomic E-state index is 12.4. The fourth-order valence-corrected chi connectivity index (χ4v) is 4.68. The molecule has 6 nitrogen and oxygen atoms in total. The Kier molecular flexibility index (Phi) is 4.81. The molecule has 118 valence electrons. The Morgan fingerprint density at radius 2 is 2.14 bits per heavy atom. The lowest BCUT2D eigenvalue weighted by Crippen LogP contribution is -2.53. The highest BCUT2D eigenvalue weighted by Crippen LogP contribution is 2.33. The minimum Gasteiger partial charge on any atom is -0.368 e. The molecule has 1 aliphatic heterocycles. The minimum atomic E-state index is -0.884. The molecule has 1 saturated heterocycles. The molecule has 1 aliphatic rings. The third-order valence-electron chi connectivity index (χ3n) is 4.45. The van der Waals surface area contributed by atoms with Gasteiger partial charge in [-0.05, 0) is 18.9 Å². The summed E-state index contributed by atoms with van der Waals surface area (Å²) in [7, 11) is -0.884. The molecule has 1 aromatic carbocycles. The van der Waals surface area contributed by atoms with Crippen LogP contribution in [0.25, 0.3) is 0 Å². The Bertz CT molecular complexity index is 650. The van der Waals surface area contributed by atoms with Gasteiger partial charge >= 0.3 is 0 Å². The first-order valence-electron chi connectivity index (χ1n) is 7.29. The molecule has 22 heavy (non-hydrogen) atoms. The molecule has 0 amide bonds. The van der Waals surface area contributed by atoms with Crippen LogP contribution in [0.15, 0.2) is 18.2 Å². The number of nitrogens with zero attached hydrogens (tertiary/aromatic N) is 3. The van der Waals surface area contributed by atoms with Crippen molar-refractivity contribution in [3.05, 3.63) is 33.9 Å². The SMILES string of the molecule is CCC1(CC)CN(c2ccc([N+](=O)[O-])cc2C#N)CCS1=O. The normalized spacial score (nSPS) is 20.4. The number of rotatable bonds is 4. The van der Waals surface area contributed by atoms with E-state index in [1.54, 1.807) is 6.07 Å². The van der Waals surface area contributed by atoms with E-state index in [1.807, 2.05) is 24.8 Å². The lowest BCUT2D eigenvalue weighted by Gasteiger charge is -2.42. The van der Waals surface area contributed by atoms with E-state index < -0.39 is 15.7 Å². The van der Waals surface area contributed by atoms with E-state index in [4.69, 9.17) is 0 Å². The number of benzene rings is 1. The fourth-order valence-electron chi connectivity index (χ4n) is 2.91. The predicted molar refractivity (Wildman–Crippen MR) is 86.3 cm³/mol. The van der Waals surface area contributed by atoms with E-state index in [2.05, 4.69) is 0 Å². The lowest BCUT2D eigenvalue weighted by atomic mass is 10.00. The summed E-state index contributed by atoms with van der Waals surface area (Å²) in [6, 6.07) is 6.39. The zero-order chi connectivity index (χ0) is 16.3. The van der Waals surface area contributed by atoms with Crippen molar-refractivity contribution in [3.8, 4) is 6.07 Å². The highest BCUT2D eigenvalue weighted by molar-refractivity contribution is 7.86. The molecular weight excluding hydrogens is 302 g/mol. The highest BCUT2D eigenvalue weighted by Gasteiger charge is 2.39. The van der Waals surface area contributed by atoms with Gasteiger partial charge in [-0.3, -0.25) is 14.3 Å². The number of nitro groups is 1. The quantitative estimate of drug-likeness (QED) is 0.628. The van der Waals surface area contributed by atoms with Crippen molar-refractivity contribution in [2.24, 2.45) is 0 Å². The molecule has 0 bridgehead atoms. The molecule has 1 heterocycles. The summed E-state index contributed by atoms with van der Waals surface area (Å²) >= 11 is 0. The zero-order valence-corrected chi connectivity index (χ0v) is 13.6. The van der Waals surface area contributed by atoms with Crippen molar-refractivity contribution >= 4 is 22.2 Å². The minimum absolute atomic E-state index is 0.0851. The lowest BCUT2D eigenvalue weighted by molar-refractivity contribution is -0.384. The first-order valence-corrected chi connectivity index (χ1v) is 8.61. The van der Waals surface area contributed by atoms with Crippen LogP contribution in [-0.2, 0) is 10.8 Å². The van der Waals surface area contributed by atoms with Crippen LogP contribution in [0.3, 0.4) is 0 Å². The molecule has 1 aromatic rings. The molecule has 2 rings (SSSR count). The number of hydrogen-bond donors (Lipinski definition) is 0. The molecular formula is C15H19N3O3S. The van der Waals surface area contributed by atoms with Gasteiger partial charge in [0.05, 0.1) is 20.9 Å². The average molecular weight is 321 g/mol. The number of anilines is 1. The van der Waals surface area contributed by atoms with Crippen molar-refractivity contribution in [1.29, 1.82) is 5.26 Å². The van der Waals surface area contributed by atoms with Crippen molar-refractivity contribution < 1.29 is 9.13 Å². The Morgan fingerprint density at radius 3 is 2.68 bits per heavy atom.